The molecule has 9 heteroatoms. The second kappa shape index (κ2) is 7.03. The Labute approximate surface area is 143 Å². The molecular weight excluding hydrogens is 381 g/mol. The van der Waals surface area contributed by atoms with Gasteiger partial charge < -0.3 is 5.32 Å². The van der Waals surface area contributed by atoms with Crippen LogP contribution in [0, 0.1) is 5.82 Å². The van der Waals surface area contributed by atoms with E-state index in [2.05, 4.69) is 10.3 Å². The van der Waals surface area contributed by atoms with Crippen molar-refractivity contribution in [2.75, 3.05) is 5.32 Å². The fourth-order valence-corrected chi connectivity index (χ4v) is 3.13. The molecule has 1 aromatic carbocycles. The summed E-state index contributed by atoms with van der Waals surface area (Å²) in [7, 11) is 0. The average molecular weight is 386 g/mol. The van der Waals surface area contributed by atoms with Crippen molar-refractivity contribution in [2.45, 2.75) is 4.90 Å². The summed E-state index contributed by atoms with van der Waals surface area (Å²) in [6.07, 6.45) is 0. The standard InChI is InChI=1S/C12H5Cl4FN2OS/c13-7-9(8(14)11(16)19-10(7)15)21-12(20)18-6-4-2-1-3-5(6)17/h1-4H,(H,18,20). The van der Waals surface area contributed by atoms with E-state index in [1.165, 1.54) is 18.2 Å². The minimum absolute atomic E-state index is 0.000231. The monoisotopic (exact) mass is 384 g/mol. The van der Waals surface area contributed by atoms with Crippen LogP contribution in [-0.4, -0.2) is 10.2 Å². The zero-order valence-corrected chi connectivity index (χ0v) is 13.8. The highest BCUT2D eigenvalue weighted by Crippen LogP contribution is 2.41. The maximum absolute atomic E-state index is 13.4. The Morgan fingerprint density at radius 1 is 1.10 bits per heavy atom. The summed E-state index contributed by atoms with van der Waals surface area (Å²) in [4.78, 5) is 15.8. The van der Waals surface area contributed by atoms with Gasteiger partial charge in [0.05, 0.1) is 20.6 Å². The molecule has 110 valence electrons. The molecule has 0 saturated heterocycles. The number of nitrogens with zero attached hydrogens (tertiary/aromatic N) is 1. The number of carbonyl (C=O) groups excluding carboxylic acids is 1. The van der Waals surface area contributed by atoms with Gasteiger partial charge in [0.2, 0.25) is 0 Å². The number of benzene rings is 1. The summed E-state index contributed by atoms with van der Waals surface area (Å²) < 4.78 is 13.4. The molecule has 2 aromatic rings. The Bertz CT molecular complexity index is 688. The summed E-state index contributed by atoms with van der Waals surface area (Å²) in [6.45, 7) is 0. The van der Waals surface area contributed by atoms with Crippen molar-refractivity contribution in [1.29, 1.82) is 0 Å². The molecule has 1 aromatic heterocycles. The molecule has 3 nitrogen and oxygen atoms in total. The van der Waals surface area contributed by atoms with Crippen LogP contribution >= 0.6 is 58.2 Å². The van der Waals surface area contributed by atoms with Gasteiger partial charge in [-0.05, 0) is 23.9 Å². The average Bonchev–Trinajstić information content (AvgIpc) is 2.44. The van der Waals surface area contributed by atoms with Crippen molar-refractivity contribution >= 4 is 69.1 Å². The molecule has 0 aliphatic carbocycles. The number of hydrogen-bond acceptors (Lipinski definition) is 3. The Morgan fingerprint density at radius 2 is 1.67 bits per heavy atom. The minimum atomic E-state index is -0.595. The van der Waals surface area contributed by atoms with Crippen molar-refractivity contribution in [3.63, 3.8) is 0 Å². The van der Waals surface area contributed by atoms with Crippen molar-refractivity contribution in [1.82, 2.24) is 4.98 Å². The molecule has 0 atom stereocenters. The van der Waals surface area contributed by atoms with Crippen LogP contribution < -0.4 is 5.32 Å². The van der Waals surface area contributed by atoms with Crippen molar-refractivity contribution in [3.8, 4) is 0 Å². The van der Waals surface area contributed by atoms with Crippen LogP contribution in [0.4, 0.5) is 14.9 Å². The molecule has 1 heterocycles. The van der Waals surface area contributed by atoms with E-state index in [-0.39, 0.29) is 30.9 Å². The number of aromatic nitrogens is 1. The molecule has 0 bridgehead atoms. The van der Waals surface area contributed by atoms with Gasteiger partial charge in [-0.25, -0.2) is 9.37 Å². The molecule has 0 fully saturated rings. The van der Waals surface area contributed by atoms with Crippen LogP contribution in [-0.2, 0) is 0 Å². The molecule has 0 aliphatic rings. The lowest BCUT2D eigenvalue weighted by Crippen LogP contribution is -2.06. The lowest BCUT2D eigenvalue weighted by atomic mass is 10.3. The van der Waals surface area contributed by atoms with Crippen LogP contribution in [0.3, 0.4) is 0 Å². The Balaban J connectivity index is 2.23. The van der Waals surface area contributed by atoms with Gasteiger partial charge in [0, 0.05) is 0 Å². The number of hydrogen-bond donors (Lipinski definition) is 1. The maximum Gasteiger partial charge on any atom is 0.288 e. The van der Waals surface area contributed by atoms with E-state index in [0.29, 0.717) is 11.8 Å². The zero-order chi connectivity index (χ0) is 15.6. The predicted octanol–water partition coefficient (Wildman–Crippen LogP) is 6.16. The quantitative estimate of drug-likeness (QED) is 0.497. The number of anilines is 1. The van der Waals surface area contributed by atoms with E-state index >= 15 is 0 Å². The Hall–Kier alpha value is -0.720. The van der Waals surface area contributed by atoms with E-state index < -0.39 is 11.1 Å². The smallest absolute Gasteiger partial charge is 0.288 e. The second-order valence-corrected chi connectivity index (χ2v) is 6.10. The number of nitrogens with one attached hydrogen (secondary N) is 1. The molecule has 0 saturated carbocycles. The molecule has 0 spiro atoms. The summed E-state index contributed by atoms with van der Waals surface area (Å²) in [5, 5.41) is 1.63. The highest BCUT2D eigenvalue weighted by Gasteiger charge is 2.19. The third kappa shape index (κ3) is 3.93. The molecule has 1 amide bonds. The van der Waals surface area contributed by atoms with Gasteiger partial charge in [-0.15, -0.1) is 0 Å². The first kappa shape index (κ1) is 16.6. The number of halogens is 5. The number of amides is 1. The summed E-state index contributed by atoms with van der Waals surface area (Å²) >= 11 is 24.0. The lowest BCUT2D eigenvalue weighted by molar-refractivity contribution is 0.269. The fraction of sp³-hybridized carbons (Fsp3) is 0. The fourth-order valence-electron chi connectivity index (χ4n) is 1.35. The largest absolute Gasteiger partial charge is 0.314 e. The Kier molecular flexibility index (Phi) is 5.57. The number of para-hydroxylation sites is 1. The molecule has 2 rings (SSSR count). The molecule has 0 aliphatic heterocycles. The molecule has 21 heavy (non-hydrogen) atoms. The van der Waals surface area contributed by atoms with Crippen LogP contribution in [0.5, 0.6) is 0 Å². The predicted molar refractivity (Wildman–Crippen MR) is 85.6 cm³/mol. The van der Waals surface area contributed by atoms with Gasteiger partial charge in [-0.1, -0.05) is 58.5 Å². The number of carbonyl (C=O) groups is 1. The SMILES string of the molecule is O=C(Nc1ccccc1F)Sc1c(Cl)c(Cl)nc(Cl)c1Cl. The first-order chi connectivity index (χ1) is 9.90. The topological polar surface area (TPSA) is 42.0 Å². The molecule has 1 N–H and O–H groups in total. The van der Waals surface area contributed by atoms with E-state index in [1.54, 1.807) is 6.07 Å². The van der Waals surface area contributed by atoms with Crippen LogP contribution in [0.25, 0.3) is 0 Å². The first-order valence-corrected chi connectivity index (χ1v) is 7.66. The van der Waals surface area contributed by atoms with Crippen molar-refractivity contribution in [2.24, 2.45) is 0 Å². The van der Waals surface area contributed by atoms with Gasteiger partial charge in [-0.3, -0.25) is 4.79 Å². The maximum atomic E-state index is 13.4. The van der Waals surface area contributed by atoms with Gasteiger partial charge in [-0.2, -0.15) is 0 Å². The molecule has 0 radical (unpaired) electrons. The molecule has 0 unspecified atom stereocenters. The summed E-state index contributed by atoms with van der Waals surface area (Å²) in [5.41, 5.74) is 0.0356. The molecular formula is C12H5Cl4FN2OS. The third-order valence-electron chi connectivity index (χ3n) is 2.26. The van der Waals surface area contributed by atoms with E-state index in [4.69, 9.17) is 46.4 Å². The van der Waals surface area contributed by atoms with Gasteiger partial charge in [0.25, 0.3) is 5.24 Å². The van der Waals surface area contributed by atoms with Gasteiger partial charge in [0.1, 0.15) is 5.82 Å². The lowest BCUT2D eigenvalue weighted by Gasteiger charge is -2.09. The number of pyridine rings is 1. The van der Waals surface area contributed by atoms with Crippen LogP contribution in [0.2, 0.25) is 20.4 Å². The Morgan fingerprint density at radius 3 is 2.24 bits per heavy atom. The van der Waals surface area contributed by atoms with Gasteiger partial charge in [0.15, 0.2) is 10.3 Å². The summed E-state index contributed by atoms with van der Waals surface area (Å²) in [5.74, 6) is -0.561. The highest BCUT2D eigenvalue weighted by atomic mass is 35.5. The summed E-state index contributed by atoms with van der Waals surface area (Å²) in [6, 6.07) is 5.74. The first-order valence-electron chi connectivity index (χ1n) is 5.33. The minimum Gasteiger partial charge on any atom is -0.314 e. The van der Waals surface area contributed by atoms with Crippen molar-refractivity contribution < 1.29 is 9.18 Å². The van der Waals surface area contributed by atoms with Gasteiger partial charge >= 0.3 is 0 Å². The zero-order valence-electron chi connectivity index (χ0n) is 9.96. The van der Waals surface area contributed by atoms with E-state index in [9.17, 15) is 9.18 Å². The van der Waals surface area contributed by atoms with Crippen LogP contribution in [0.1, 0.15) is 0 Å². The van der Waals surface area contributed by atoms with E-state index in [1.807, 2.05) is 0 Å². The number of thioether (sulfide) groups is 1. The third-order valence-corrected chi connectivity index (χ3v) is 4.86. The van der Waals surface area contributed by atoms with Crippen LogP contribution in [0.15, 0.2) is 29.2 Å². The highest BCUT2D eigenvalue weighted by molar-refractivity contribution is 8.14. The normalized spacial score (nSPS) is 10.5. The van der Waals surface area contributed by atoms with Crippen molar-refractivity contribution in [3.05, 3.63) is 50.4 Å². The second-order valence-electron chi connectivity index (χ2n) is 3.64. The van der Waals surface area contributed by atoms with E-state index in [0.717, 1.165) is 0 Å². The number of rotatable bonds is 2.